The molecule has 0 saturated carbocycles. The third-order valence-corrected chi connectivity index (χ3v) is 4.39. The van der Waals surface area contributed by atoms with E-state index in [2.05, 4.69) is 10.4 Å². The van der Waals surface area contributed by atoms with Gasteiger partial charge in [0.05, 0.1) is 11.4 Å². The Morgan fingerprint density at radius 3 is 2.54 bits per heavy atom. The van der Waals surface area contributed by atoms with Crippen molar-refractivity contribution in [3.05, 3.63) is 78.4 Å². The summed E-state index contributed by atoms with van der Waals surface area (Å²) in [6.45, 7) is 0.474. The summed E-state index contributed by atoms with van der Waals surface area (Å²) < 4.78 is 14.6. The number of halogens is 1. The molecule has 0 atom stereocenters. The number of aromatic nitrogens is 2. The summed E-state index contributed by atoms with van der Waals surface area (Å²) >= 11 is 1.38. The molecule has 0 unspecified atom stereocenters. The first-order valence-corrected chi connectivity index (χ1v) is 8.43. The van der Waals surface area contributed by atoms with Crippen molar-refractivity contribution in [3.8, 4) is 5.69 Å². The van der Waals surface area contributed by atoms with Crippen LogP contribution in [0.25, 0.3) is 5.69 Å². The Labute approximate surface area is 143 Å². The van der Waals surface area contributed by atoms with Gasteiger partial charge in [0, 0.05) is 23.8 Å². The molecule has 0 spiro atoms. The van der Waals surface area contributed by atoms with E-state index in [0.717, 1.165) is 16.1 Å². The van der Waals surface area contributed by atoms with Crippen LogP contribution in [-0.2, 0) is 11.3 Å². The highest BCUT2D eigenvalue weighted by molar-refractivity contribution is 8.00. The molecule has 24 heavy (non-hydrogen) atoms. The van der Waals surface area contributed by atoms with Crippen LogP contribution in [0.2, 0.25) is 0 Å². The molecule has 0 aliphatic heterocycles. The van der Waals surface area contributed by atoms with Crippen molar-refractivity contribution in [2.45, 2.75) is 11.4 Å². The van der Waals surface area contributed by atoms with E-state index < -0.39 is 0 Å². The zero-order chi connectivity index (χ0) is 16.8. The first kappa shape index (κ1) is 16.3. The predicted octanol–water partition coefficient (Wildman–Crippen LogP) is 3.42. The van der Waals surface area contributed by atoms with Gasteiger partial charge in [-0.3, -0.25) is 4.79 Å². The number of carbonyl (C=O) groups excluding carboxylic acids is 1. The van der Waals surface area contributed by atoms with Gasteiger partial charge in [0.2, 0.25) is 5.91 Å². The second-order valence-electron chi connectivity index (χ2n) is 5.14. The van der Waals surface area contributed by atoms with Crippen molar-refractivity contribution in [2.24, 2.45) is 0 Å². The standard InChI is InChI=1S/C18H16FN3OS/c19-15-4-8-17(9-5-15)24-13-18(23)20-12-14-2-6-16(7-3-14)22-11-1-10-21-22/h1-11H,12-13H2,(H,20,23). The number of hydrogen-bond acceptors (Lipinski definition) is 3. The average Bonchev–Trinajstić information content (AvgIpc) is 3.14. The van der Waals surface area contributed by atoms with E-state index in [9.17, 15) is 9.18 Å². The van der Waals surface area contributed by atoms with Crippen molar-refractivity contribution >= 4 is 17.7 Å². The predicted molar refractivity (Wildman–Crippen MR) is 92.5 cm³/mol. The fourth-order valence-corrected chi connectivity index (χ4v) is 2.85. The van der Waals surface area contributed by atoms with Crippen LogP contribution in [0.15, 0.2) is 71.9 Å². The third-order valence-electron chi connectivity index (χ3n) is 3.38. The monoisotopic (exact) mass is 341 g/mol. The smallest absolute Gasteiger partial charge is 0.230 e. The highest BCUT2D eigenvalue weighted by Gasteiger charge is 2.04. The molecule has 0 bridgehead atoms. The van der Waals surface area contributed by atoms with Crippen LogP contribution in [0.4, 0.5) is 4.39 Å². The second kappa shape index (κ2) is 7.79. The molecule has 0 fully saturated rings. The van der Waals surface area contributed by atoms with Gasteiger partial charge in [-0.2, -0.15) is 5.10 Å². The van der Waals surface area contributed by atoms with Crippen LogP contribution in [0.3, 0.4) is 0 Å². The molecule has 0 aliphatic carbocycles. The molecule has 3 aromatic rings. The van der Waals surface area contributed by atoms with Gasteiger partial charge in [0.1, 0.15) is 5.82 Å². The fraction of sp³-hybridized carbons (Fsp3) is 0.111. The van der Waals surface area contributed by atoms with Crippen LogP contribution in [0.5, 0.6) is 0 Å². The van der Waals surface area contributed by atoms with E-state index in [4.69, 9.17) is 0 Å². The Hall–Kier alpha value is -2.60. The maximum Gasteiger partial charge on any atom is 0.230 e. The Morgan fingerprint density at radius 2 is 1.88 bits per heavy atom. The number of nitrogens with one attached hydrogen (secondary N) is 1. The number of carbonyl (C=O) groups is 1. The zero-order valence-electron chi connectivity index (χ0n) is 12.9. The van der Waals surface area contributed by atoms with Crippen LogP contribution in [0, 0.1) is 5.82 Å². The topological polar surface area (TPSA) is 46.9 Å². The molecular formula is C18H16FN3OS. The Balaban J connectivity index is 1.46. The van der Waals surface area contributed by atoms with Gasteiger partial charge >= 0.3 is 0 Å². The lowest BCUT2D eigenvalue weighted by atomic mass is 10.2. The average molecular weight is 341 g/mol. The minimum Gasteiger partial charge on any atom is -0.351 e. The Morgan fingerprint density at radius 1 is 1.12 bits per heavy atom. The maximum absolute atomic E-state index is 12.8. The zero-order valence-corrected chi connectivity index (χ0v) is 13.7. The van der Waals surface area contributed by atoms with Gasteiger partial charge in [-0.25, -0.2) is 9.07 Å². The van der Waals surface area contributed by atoms with Crippen molar-refractivity contribution < 1.29 is 9.18 Å². The molecule has 3 rings (SSSR count). The number of benzene rings is 2. The molecule has 122 valence electrons. The largest absolute Gasteiger partial charge is 0.351 e. The molecule has 2 aromatic carbocycles. The molecule has 1 heterocycles. The van der Waals surface area contributed by atoms with Gasteiger partial charge in [-0.15, -0.1) is 11.8 Å². The summed E-state index contributed by atoms with van der Waals surface area (Å²) in [5.41, 5.74) is 1.99. The van der Waals surface area contributed by atoms with Gasteiger partial charge in [-0.05, 0) is 48.0 Å². The number of hydrogen-bond donors (Lipinski definition) is 1. The molecule has 0 aliphatic rings. The summed E-state index contributed by atoms with van der Waals surface area (Å²) in [6.07, 6.45) is 3.61. The summed E-state index contributed by atoms with van der Waals surface area (Å²) in [6, 6.07) is 15.8. The highest BCUT2D eigenvalue weighted by Crippen LogP contribution is 2.17. The van der Waals surface area contributed by atoms with Crippen molar-refractivity contribution in [1.29, 1.82) is 0 Å². The van der Waals surface area contributed by atoms with E-state index in [0.29, 0.717) is 12.3 Å². The molecular weight excluding hydrogens is 325 g/mol. The molecule has 1 amide bonds. The van der Waals surface area contributed by atoms with Gasteiger partial charge < -0.3 is 5.32 Å². The number of thioether (sulfide) groups is 1. The number of rotatable bonds is 6. The Bertz CT molecular complexity index is 786. The van der Waals surface area contributed by atoms with E-state index in [-0.39, 0.29) is 11.7 Å². The lowest BCUT2D eigenvalue weighted by Gasteiger charge is -2.07. The van der Waals surface area contributed by atoms with Crippen molar-refractivity contribution in [2.75, 3.05) is 5.75 Å². The van der Waals surface area contributed by atoms with Gasteiger partial charge in [0.25, 0.3) is 0 Å². The summed E-state index contributed by atoms with van der Waals surface area (Å²) in [5.74, 6) is -0.0281. The van der Waals surface area contributed by atoms with Crippen LogP contribution in [0.1, 0.15) is 5.56 Å². The third kappa shape index (κ3) is 4.45. The van der Waals surface area contributed by atoms with E-state index >= 15 is 0 Å². The number of nitrogens with zero attached hydrogens (tertiary/aromatic N) is 2. The first-order chi connectivity index (χ1) is 11.7. The van der Waals surface area contributed by atoms with Crippen LogP contribution < -0.4 is 5.32 Å². The number of amides is 1. The quantitative estimate of drug-likeness (QED) is 0.699. The molecule has 0 radical (unpaired) electrons. The molecule has 4 nitrogen and oxygen atoms in total. The summed E-state index contributed by atoms with van der Waals surface area (Å²) in [4.78, 5) is 12.8. The molecule has 1 aromatic heterocycles. The summed E-state index contributed by atoms with van der Waals surface area (Å²) in [7, 11) is 0. The van der Waals surface area contributed by atoms with Crippen LogP contribution in [-0.4, -0.2) is 21.4 Å². The minimum absolute atomic E-state index is 0.0551. The maximum atomic E-state index is 12.8. The highest BCUT2D eigenvalue weighted by atomic mass is 32.2. The SMILES string of the molecule is O=C(CSc1ccc(F)cc1)NCc1ccc(-n2cccn2)cc1. The van der Waals surface area contributed by atoms with E-state index in [1.807, 2.05) is 36.5 Å². The first-order valence-electron chi connectivity index (χ1n) is 7.45. The molecule has 6 heteroatoms. The van der Waals surface area contributed by atoms with Crippen molar-refractivity contribution in [3.63, 3.8) is 0 Å². The van der Waals surface area contributed by atoms with E-state index in [1.54, 1.807) is 23.0 Å². The molecule has 1 N–H and O–H groups in total. The van der Waals surface area contributed by atoms with Gasteiger partial charge in [-0.1, -0.05) is 12.1 Å². The van der Waals surface area contributed by atoms with Crippen molar-refractivity contribution in [1.82, 2.24) is 15.1 Å². The Kier molecular flexibility index (Phi) is 5.28. The van der Waals surface area contributed by atoms with Gasteiger partial charge in [0.15, 0.2) is 0 Å². The van der Waals surface area contributed by atoms with Crippen LogP contribution >= 0.6 is 11.8 Å². The minimum atomic E-state index is -0.276. The fourth-order valence-electron chi connectivity index (χ4n) is 2.12. The lowest BCUT2D eigenvalue weighted by molar-refractivity contribution is -0.118. The normalized spacial score (nSPS) is 10.5. The lowest BCUT2D eigenvalue weighted by Crippen LogP contribution is -2.24. The second-order valence-corrected chi connectivity index (χ2v) is 6.19. The summed E-state index contributed by atoms with van der Waals surface area (Å²) in [5, 5.41) is 7.05. The molecule has 0 saturated heterocycles. The van der Waals surface area contributed by atoms with E-state index in [1.165, 1.54) is 23.9 Å².